The van der Waals surface area contributed by atoms with Crippen LogP contribution in [0.15, 0.2) is 0 Å². The summed E-state index contributed by atoms with van der Waals surface area (Å²) >= 11 is 0. The zero-order valence-electron chi connectivity index (χ0n) is 6.14. The topological polar surface area (TPSA) is 35.5 Å². The maximum Gasteiger partial charge on any atom is 0.762 e. The highest BCUT2D eigenvalue weighted by Crippen LogP contribution is 1.80. The van der Waals surface area contributed by atoms with E-state index in [9.17, 15) is 17.7 Å². The highest BCUT2D eigenvalue weighted by Gasteiger charge is 2.06. The van der Waals surface area contributed by atoms with E-state index in [2.05, 4.69) is 9.47 Å². The number of carbonyl (C=O) groups is 1. The fraction of sp³-hybridized carbons (Fsp3) is 0.750. The Morgan fingerprint density at radius 1 is 1.45 bits per heavy atom. The molecule has 7 heteroatoms. The van der Waals surface area contributed by atoms with Gasteiger partial charge in [-0.2, -0.15) is 0 Å². The molecule has 0 bridgehead atoms. The van der Waals surface area contributed by atoms with E-state index in [1.807, 2.05) is 0 Å². The van der Waals surface area contributed by atoms with Gasteiger partial charge in [-0.05, 0) is 6.92 Å². The molecule has 0 heterocycles. The normalized spacial score (nSPS) is 7.36. The Labute approximate surface area is 62.7 Å². The fourth-order valence-corrected chi connectivity index (χ4v) is 0.177. The predicted molar refractivity (Wildman–Crippen MR) is 33.1 cm³/mol. The second kappa shape index (κ2) is 9.12. The molecule has 0 aliphatic heterocycles. The van der Waals surface area contributed by atoms with Crippen LogP contribution in [0, 0.1) is 0 Å². The van der Waals surface area contributed by atoms with Crippen molar-refractivity contribution >= 4 is 13.7 Å². The molecule has 0 fully saturated rings. The highest BCUT2D eigenvalue weighted by molar-refractivity contribution is 6.33. The zero-order chi connectivity index (χ0) is 9.28. The first-order valence-electron chi connectivity index (χ1n) is 2.67. The maximum atomic E-state index is 9.97. The summed E-state index contributed by atoms with van der Waals surface area (Å²) in [6.07, 6.45) is -0.623. The predicted octanol–water partition coefficient (Wildman–Crippen LogP) is 1.67. The van der Waals surface area contributed by atoms with E-state index in [1.165, 1.54) is 7.11 Å². The Morgan fingerprint density at radius 3 is 1.91 bits per heavy atom. The molecule has 0 spiro atoms. The second-order valence-electron chi connectivity index (χ2n) is 1.13. The third kappa shape index (κ3) is 27.2. The van der Waals surface area contributed by atoms with Crippen molar-refractivity contribution in [1.29, 1.82) is 0 Å². The first kappa shape index (κ1) is 12.8. The van der Waals surface area contributed by atoms with Crippen LogP contribution in [0.4, 0.5) is 17.7 Å². The number of halogens is 3. The molecule has 66 valence electrons. The van der Waals surface area contributed by atoms with Crippen molar-refractivity contribution in [3.63, 3.8) is 0 Å². The number of carbonyl (C=O) groups excluding carboxylic acids is 1. The van der Waals surface area contributed by atoms with Gasteiger partial charge in [-0.15, -0.1) is 0 Å². The van der Waals surface area contributed by atoms with Gasteiger partial charge in [0.05, 0.1) is 13.7 Å². The van der Waals surface area contributed by atoms with E-state index in [-0.39, 0.29) is 0 Å². The van der Waals surface area contributed by atoms with Crippen molar-refractivity contribution in [2.45, 2.75) is 6.92 Å². The minimum absolute atomic E-state index is 0.368. The van der Waals surface area contributed by atoms with E-state index >= 15 is 0 Å². The summed E-state index contributed by atoms with van der Waals surface area (Å²) in [4.78, 5) is 9.97. The van der Waals surface area contributed by atoms with Crippen LogP contribution >= 0.6 is 0 Å². The first-order valence-corrected chi connectivity index (χ1v) is 2.67. The SMILES string of the molecule is CCOC(=O)OC.FB(F)F. The largest absolute Gasteiger partial charge is 0.762 e. The molecular weight excluding hydrogens is 164 g/mol. The van der Waals surface area contributed by atoms with Crippen molar-refractivity contribution in [3.8, 4) is 0 Å². The summed E-state index contributed by atoms with van der Waals surface area (Å²) in [6.45, 7) is 2.09. The van der Waals surface area contributed by atoms with Gasteiger partial charge in [-0.25, -0.2) is 4.79 Å². The van der Waals surface area contributed by atoms with Gasteiger partial charge in [0.1, 0.15) is 0 Å². The van der Waals surface area contributed by atoms with Gasteiger partial charge in [0, 0.05) is 0 Å². The lowest BCUT2D eigenvalue weighted by molar-refractivity contribution is 0.0771. The summed E-state index contributed by atoms with van der Waals surface area (Å²) in [5.41, 5.74) is 0. The smallest absolute Gasteiger partial charge is 0.438 e. The minimum Gasteiger partial charge on any atom is -0.438 e. The summed E-state index contributed by atoms with van der Waals surface area (Å²) in [5, 5.41) is 0. The molecule has 0 aromatic heterocycles. The average molecular weight is 172 g/mol. The molecule has 0 saturated heterocycles. The van der Waals surface area contributed by atoms with Gasteiger partial charge in [-0.1, -0.05) is 0 Å². The summed E-state index contributed by atoms with van der Waals surface area (Å²) in [6, 6.07) is 0. The summed E-state index contributed by atoms with van der Waals surface area (Å²) in [5.74, 6) is 0. The molecule has 0 aliphatic rings. The molecule has 0 radical (unpaired) electrons. The van der Waals surface area contributed by atoms with Crippen molar-refractivity contribution in [1.82, 2.24) is 0 Å². The highest BCUT2D eigenvalue weighted by atomic mass is 19.4. The molecule has 3 nitrogen and oxygen atoms in total. The van der Waals surface area contributed by atoms with Crippen LogP contribution in [0.5, 0.6) is 0 Å². The van der Waals surface area contributed by atoms with Gasteiger partial charge in [0.15, 0.2) is 0 Å². The lowest BCUT2D eigenvalue weighted by Crippen LogP contribution is -2.02. The second-order valence-corrected chi connectivity index (χ2v) is 1.13. The monoisotopic (exact) mass is 172 g/mol. The van der Waals surface area contributed by atoms with Gasteiger partial charge in [0.2, 0.25) is 0 Å². The number of hydrogen-bond acceptors (Lipinski definition) is 3. The van der Waals surface area contributed by atoms with Crippen LogP contribution in [-0.2, 0) is 9.47 Å². The van der Waals surface area contributed by atoms with Crippen molar-refractivity contribution < 1.29 is 27.2 Å². The fourth-order valence-electron chi connectivity index (χ4n) is 0.177. The van der Waals surface area contributed by atoms with E-state index in [4.69, 9.17) is 0 Å². The van der Waals surface area contributed by atoms with Crippen LogP contribution in [-0.4, -0.2) is 27.4 Å². The lowest BCUT2D eigenvalue weighted by Gasteiger charge is -1.94. The van der Waals surface area contributed by atoms with Crippen LogP contribution in [0.2, 0.25) is 0 Å². The Hall–Kier alpha value is -0.875. The van der Waals surface area contributed by atoms with Gasteiger partial charge in [0.25, 0.3) is 0 Å². The quantitative estimate of drug-likeness (QED) is 0.445. The maximum absolute atomic E-state index is 9.97. The van der Waals surface area contributed by atoms with Crippen molar-refractivity contribution in [2.24, 2.45) is 0 Å². The van der Waals surface area contributed by atoms with Crippen LogP contribution in [0.1, 0.15) is 6.92 Å². The van der Waals surface area contributed by atoms with E-state index in [1.54, 1.807) is 6.92 Å². The summed E-state index contributed by atoms with van der Waals surface area (Å²) in [7, 11) is -2.39. The molecule has 0 atom stereocenters. The Kier molecular flexibility index (Phi) is 10.6. The van der Waals surface area contributed by atoms with Crippen LogP contribution in [0.3, 0.4) is 0 Å². The molecule has 0 aromatic rings. The molecule has 0 amide bonds. The molecule has 0 saturated carbocycles. The number of rotatable bonds is 1. The van der Waals surface area contributed by atoms with Crippen LogP contribution in [0.25, 0.3) is 0 Å². The van der Waals surface area contributed by atoms with Crippen LogP contribution < -0.4 is 0 Å². The Balaban J connectivity index is 0. The molecule has 0 aliphatic carbocycles. The third-order valence-corrected chi connectivity index (χ3v) is 0.429. The third-order valence-electron chi connectivity index (χ3n) is 0.429. The molecule has 0 aromatic carbocycles. The standard InChI is InChI=1S/C4H8O3.BF3/c1-3-7-4(5)6-2;2-1(3)4/h3H2,1-2H3;. The minimum atomic E-state index is -3.67. The molecule has 0 N–H and O–H groups in total. The average Bonchev–Trinajstić information content (AvgIpc) is 1.87. The van der Waals surface area contributed by atoms with E-state index in [0.717, 1.165) is 0 Å². The van der Waals surface area contributed by atoms with E-state index < -0.39 is 13.7 Å². The number of methoxy groups -OCH3 is 1. The Morgan fingerprint density at radius 2 is 1.82 bits per heavy atom. The van der Waals surface area contributed by atoms with Crippen molar-refractivity contribution in [2.75, 3.05) is 13.7 Å². The van der Waals surface area contributed by atoms with E-state index in [0.29, 0.717) is 6.61 Å². The zero-order valence-corrected chi connectivity index (χ0v) is 6.14. The number of ether oxygens (including phenoxy) is 2. The van der Waals surface area contributed by atoms with Crippen molar-refractivity contribution in [3.05, 3.63) is 0 Å². The Bertz CT molecular complexity index is 97.8. The van der Waals surface area contributed by atoms with Gasteiger partial charge >= 0.3 is 13.7 Å². The molecule has 0 unspecified atom stereocenters. The molecular formula is C4H8BF3O3. The number of hydrogen-bond donors (Lipinski definition) is 0. The van der Waals surface area contributed by atoms with Gasteiger partial charge in [-0.3, -0.25) is 12.9 Å². The first-order chi connectivity index (χ1) is 5.04. The summed E-state index contributed by atoms with van der Waals surface area (Å²) < 4.78 is 37.5. The van der Waals surface area contributed by atoms with Gasteiger partial charge < -0.3 is 9.47 Å². The lowest BCUT2D eigenvalue weighted by atomic mass is 10.5. The molecule has 11 heavy (non-hydrogen) atoms. The molecule has 0 rings (SSSR count).